The fraction of sp³-hybridized carbons (Fsp3) is 0.600. The molecule has 0 saturated heterocycles. The highest BCUT2D eigenvalue weighted by molar-refractivity contribution is 8.00. The van der Waals surface area contributed by atoms with Crippen LogP contribution in [0.15, 0.2) is 29.2 Å². The fourth-order valence-electron chi connectivity index (χ4n) is 3.04. The Morgan fingerprint density at radius 1 is 1.28 bits per heavy atom. The number of nitrogens with one attached hydrogen (secondary N) is 1. The Hall–Kier alpha value is -0.510. The van der Waals surface area contributed by atoms with Crippen LogP contribution in [0.4, 0.5) is 0 Å². The quantitative estimate of drug-likeness (QED) is 0.876. The average Bonchev–Trinajstić information content (AvgIpc) is 2.95. The van der Waals surface area contributed by atoms with Crippen molar-refractivity contribution in [3.05, 3.63) is 29.8 Å². The van der Waals surface area contributed by atoms with Crippen LogP contribution in [0.2, 0.25) is 0 Å². The maximum atomic E-state index is 10.3. The smallest absolute Gasteiger partial charge is 0.0771 e. The summed E-state index contributed by atoms with van der Waals surface area (Å²) < 4.78 is 0. The minimum atomic E-state index is -0.421. The Morgan fingerprint density at radius 3 is 2.83 bits per heavy atom. The molecule has 0 aromatic heterocycles. The van der Waals surface area contributed by atoms with Crippen molar-refractivity contribution in [1.29, 1.82) is 0 Å². The summed E-state index contributed by atoms with van der Waals surface area (Å²) in [5.74, 6) is 0. The summed E-state index contributed by atoms with van der Waals surface area (Å²) in [6.07, 6.45) is 5.46. The van der Waals surface area contributed by atoms with E-state index in [1.807, 2.05) is 11.8 Å². The summed E-state index contributed by atoms with van der Waals surface area (Å²) in [5.41, 5.74) is 1.06. The van der Waals surface area contributed by atoms with Crippen LogP contribution in [0.25, 0.3) is 0 Å². The van der Waals surface area contributed by atoms with Crippen molar-refractivity contribution in [3.63, 3.8) is 0 Å². The van der Waals surface area contributed by atoms with E-state index in [2.05, 4.69) is 29.6 Å². The molecule has 1 aliphatic heterocycles. The van der Waals surface area contributed by atoms with E-state index >= 15 is 0 Å². The van der Waals surface area contributed by atoms with E-state index in [0.717, 1.165) is 32.4 Å². The highest BCUT2D eigenvalue weighted by Gasteiger charge is 2.31. The molecule has 1 aromatic carbocycles. The van der Waals surface area contributed by atoms with Gasteiger partial charge in [0, 0.05) is 23.2 Å². The number of benzene rings is 1. The molecule has 0 spiro atoms. The molecule has 1 heterocycles. The third-order valence-corrected chi connectivity index (χ3v) is 5.39. The van der Waals surface area contributed by atoms with Crippen molar-refractivity contribution in [2.45, 2.75) is 47.9 Å². The Bertz CT molecular complexity index is 390. The molecular formula is C15H21NOS. The molecule has 1 unspecified atom stereocenters. The zero-order valence-corrected chi connectivity index (χ0v) is 11.5. The minimum absolute atomic E-state index is 0.421. The van der Waals surface area contributed by atoms with Gasteiger partial charge in [0.2, 0.25) is 0 Å². The summed E-state index contributed by atoms with van der Waals surface area (Å²) in [6, 6.07) is 8.68. The van der Waals surface area contributed by atoms with Crippen molar-refractivity contribution in [2.24, 2.45) is 0 Å². The molecule has 0 bridgehead atoms. The van der Waals surface area contributed by atoms with Crippen LogP contribution in [0.1, 0.15) is 31.2 Å². The van der Waals surface area contributed by atoms with E-state index in [4.69, 9.17) is 0 Å². The lowest BCUT2D eigenvalue weighted by Gasteiger charge is -2.23. The van der Waals surface area contributed by atoms with Crippen molar-refractivity contribution >= 4 is 11.8 Å². The maximum absolute atomic E-state index is 10.3. The van der Waals surface area contributed by atoms with Crippen molar-refractivity contribution in [3.8, 4) is 0 Å². The second kappa shape index (κ2) is 5.24. The van der Waals surface area contributed by atoms with E-state index in [0.29, 0.717) is 5.25 Å². The lowest BCUT2D eigenvalue weighted by Crippen LogP contribution is -2.40. The molecule has 3 heteroatoms. The van der Waals surface area contributed by atoms with Gasteiger partial charge in [0.25, 0.3) is 0 Å². The van der Waals surface area contributed by atoms with E-state index in [9.17, 15) is 5.11 Å². The van der Waals surface area contributed by atoms with Crippen molar-refractivity contribution in [2.75, 3.05) is 13.1 Å². The highest BCUT2D eigenvalue weighted by atomic mass is 32.2. The summed E-state index contributed by atoms with van der Waals surface area (Å²) >= 11 is 1.97. The van der Waals surface area contributed by atoms with Crippen molar-refractivity contribution in [1.82, 2.24) is 5.32 Å². The molecule has 1 saturated carbocycles. The topological polar surface area (TPSA) is 32.3 Å². The standard InChI is InChI=1S/C15H21NOS/c17-15(7-3-4-8-15)11-16-10-13-9-12-5-1-2-6-14(12)18-13/h1-2,5-6,13,16-17H,3-4,7-11H2. The molecule has 2 aliphatic rings. The summed E-state index contributed by atoms with van der Waals surface area (Å²) in [4.78, 5) is 1.43. The molecular weight excluding hydrogens is 242 g/mol. The van der Waals surface area contributed by atoms with Crippen LogP contribution in [-0.2, 0) is 6.42 Å². The number of fused-ring (bicyclic) bond motifs is 1. The number of hydrogen-bond acceptors (Lipinski definition) is 3. The first kappa shape index (κ1) is 12.5. The van der Waals surface area contributed by atoms with E-state index in [-0.39, 0.29) is 0 Å². The Kier molecular flexibility index (Phi) is 3.64. The predicted octanol–water partition coefficient (Wildman–Crippen LogP) is 2.60. The minimum Gasteiger partial charge on any atom is -0.389 e. The summed E-state index contributed by atoms with van der Waals surface area (Å²) in [5, 5.41) is 14.4. The number of rotatable bonds is 4. The molecule has 0 radical (unpaired) electrons. The van der Waals surface area contributed by atoms with Gasteiger partial charge in [-0.25, -0.2) is 0 Å². The van der Waals surface area contributed by atoms with E-state index in [1.54, 1.807) is 0 Å². The number of hydrogen-bond donors (Lipinski definition) is 2. The molecule has 1 fully saturated rings. The Morgan fingerprint density at radius 2 is 2.06 bits per heavy atom. The third-order valence-electron chi connectivity index (χ3n) is 4.07. The Labute approximate surface area is 113 Å². The first-order valence-electron chi connectivity index (χ1n) is 6.93. The zero-order chi connectivity index (χ0) is 12.4. The Balaban J connectivity index is 1.46. The monoisotopic (exact) mass is 263 g/mol. The third kappa shape index (κ3) is 2.73. The van der Waals surface area contributed by atoms with E-state index < -0.39 is 5.60 Å². The lowest BCUT2D eigenvalue weighted by molar-refractivity contribution is 0.0480. The molecule has 3 rings (SSSR count). The van der Waals surface area contributed by atoms with Gasteiger partial charge in [0.15, 0.2) is 0 Å². The van der Waals surface area contributed by atoms with Gasteiger partial charge >= 0.3 is 0 Å². The maximum Gasteiger partial charge on any atom is 0.0771 e. The fourth-order valence-corrected chi connectivity index (χ4v) is 4.33. The van der Waals surface area contributed by atoms with Crippen molar-refractivity contribution < 1.29 is 5.11 Å². The molecule has 0 amide bonds. The molecule has 1 aromatic rings. The molecule has 98 valence electrons. The van der Waals surface area contributed by atoms with E-state index in [1.165, 1.54) is 23.3 Å². The van der Waals surface area contributed by atoms with Gasteiger partial charge in [-0.15, -0.1) is 11.8 Å². The average molecular weight is 263 g/mol. The largest absolute Gasteiger partial charge is 0.389 e. The van der Waals surface area contributed by atoms with Gasteiger partial charge in [-0.1, -0.05) is 31.0 Å². The molecule has 2 nitrogen and oxygen atoms in total. The van der Waals surface area contributed by atoms with Gasteiger partial charge in [-0.2, -0.15) is 0 Å². The highest BCUT2D eigenvalue weighted by Crippen LogP contribution is 2.36. The SMILES string of the molecule is OC1(CNCC2Cc3ccccc3S2)CCCC1. The van der Waals surface area contributed by atoms with Crippen LogP contribution in [0.5, 0.6) is 0 Å². The van der Waals surface area contributed by atoms with Gasteiger partial charge in [-0.05, 0) is 30.9 Å². The molecule has 2 N–H and O–H groups in total. The van der Waals surface area contributed by atoms with Crippen LogP contribution in [0.3, 0.4) is 0 Å². The van der Waals surface area contributed by atoms with Crippen LogP contribution >= 0.6 is 11.8 Å². The van der Waals surface area contributed by atoms with Gasteiger partial charge in [0.1, 0.15) is 0 Å². The molecule has 18 heavy (non-hydrogen) atoms. The molecule has 1 atom stereocenters. The summed E-state index contributed by atoms with van der Waals surface area (Å²) in [7, 11) is 0. The number of aliphatic hydroxyl groups is 1. The first-order chi connectivity index (χ1) is 8.75. The van der Waals surface area contributed by atoms with Crippen LogP contribution in [0, 0.1) is 0 Å². The first-order valence-corrected chi connectivity index (χ1v) is 7.81. The predicted molar refractivity (Wildman–Crippen MR) is 76.1 cm³/mol. The lowest BCUT2D eigenvalue weighted by atomic mass is 10.0. The van der Waals surface area contributed by atoms with Gasteiger partial charge in [0.05, 0.1) is 5.60 Å². The second-order valence-electron chi connectivity index (χ2n) is 5.61. The number of thioether (sulfide) groups is 1. The van der Waals surface area contributed by atoms with Crippen LogP contribution in [-0.4, -0.2) is 29.0 Å². The second-order valence-corrected chi connectivity index (χ2v) is 6.96. The van der Waals surface area contributed by atoms with Crippen LogP contribution < -0.4 is 5.32 Å². The molecule has 1 aliphatic carbocycles. The zero-order valence-electron chi connectivity index (χ0n) is 10.7. The summed E-state index contributed by atoms with van der Waals surface area (Å²) in [6.45, 7) is 1.77. The normalized spacial score (nSPS) is 25.3. The van der Waals surface area contributed by atoms with Gasteiger partial charge < -0.3 is 10.4 Å². The van der Waals surface area contributed by atoms with Gasteiger partial charge in [-0.3, -0.25) is 0 Å².